The third-order valence-corrected chi connectivity index (χ3v) is 6.58. The molecule has 0 unspecified atom stereocenters. The topological polar surface area (TPSA) is 101 Å². The van der Waals surface area contributed by atoms with Crippen molar-refractivity contribution in [1.29, 1.82) is 0 Å². The molecule has 0 saturated carbocycles. The Kier molecular flexibility index (Phi) is 6.55. The zero-order valence-electron chi connectivity index (χ0n) is 18.1. The van der Waals surface area contributed by atoms with E-state index >= 15 is 0 Å². The first-order chi connectivity index (χ1) is 14.5. The Morgan fingerprint density at radius 3 is 1.81 bits per heavy atom. The summed E-state index contributed by atoms with van der Waals surface area (Å²) in [5, 5.41) is 11.7. The fraction of sp³-hybridized carbons (Fsp3) is 0.333. The molecular weight excluding hydrogens is 410 g/mol. The van der Waals surface area contributed by atoms with Crippen molar-refractivity contribution in [2.45, 2.75) is 45.3 Å². The number of hydrogen-bond acceptors (Lipinski definition) is 4. The number of amides is 1. The lowest BCUT2D eigenvalue weighted by Gasteiger charge is -2.16. The molecule has 0 spiro atoms. The van der Waals surface area contributed by atoms with Gasteiger partial charge in [0.2, 0.25) is 0 Å². The normalized spacial score (nSPS) is 14.4. The van der Waals surface area contributed by atoms with Crippen LogP contribution in [0.4, 0.5) is 0 Å². The highest BCUT2D eigenvalue weighted by molar-refractivity contribution is 6.76. The van der Waals surface area contributed by atoms with E-state index in [2.05, 4.69) is 25.0 Å². The highest BCUT2D eigenvalue weighted by Gasteiger charge is 2.22. The second-order valence-electron chi connectivity index (χ2n) is 9.14. The molecule has 2 N–H and O–H groups in total. The molecule has 6 nitrogen and oxygen atoms in total. The summed E-state index contributed by atoms with van der Waals surface area (Å²) in [5.41, 5.74) is 4.28. The number of benzene rings is 2. The Morgan fingerprint density at radius 2 is 1.32 bits per heavy atom. The summed E-state index contributed by atoms with van der Waals surface area (Å²) in [4.78, 5) is 45.3. The van der Waals surface area contributed by atoms with Crippen molar-refractivity contribution in [3.8, 4) is 0 Å². The highest BCUT2D eigenvalue weighted by Crippen LogP contribution is 2.23. The van der Waals surface area contributed by atoms with E-state index in [-0.39, 0.29) is 23.0 Å². The minimum absolute atomic E-state index is 0.0282. The number of rotatable bonds is 4. The second kappa shape index (κ2) is 8.97. The molecule has 0 heterocycles. The van der Waals surface area contributed by atoms with Crippen LogP contribution in [0.15, 0.2) is 36.4 Å². The average Bonchev–Trinajstić information content (AvgIpc) is 3.28. The van der Waals surface area contributed by atoms with Gasteiger partial charge in [-0.15, -0.1) is 0 Å². The van der Waals surface area contributed by atoms with Crippen molar-refractivity contribution in [1.82, 2.24) is 5.32 Å². The third kappa shape index (κ3) is 5.55. The fourth-order valence-corrected chi connectivity index (χ4v) is 4.32. The van der Waals surface area contributed by atoms with E-state index in [1.165, 1.54) is 6.07 Å². The highest BCUT2D eigenvalue weighted by atomic mass is 28.3. The van der Waals surface area contributed by atoms with Crippen LogP contribution in [-0.4, -0.2) is 42.8 Å². The van der Waals surface area contributed by atoms with Gasteiger partial charge in [-0.1, -0.05) is 31.8 Å². The van der Waals surface area contributed by atoms with Crippen LogP contribution >= 0.6 is 0 Å². The molecule has 2 aliphatic carbocycles. The van der Waals surface area contributed by atoms with Crippen LogP contribution in [0.5, 0.6) is 0 Å². The van der Waals surface area contributed by atoms with Crippen molar-refractivity contribution < 1.29 is 24.3 Å². The molecular formula is C24H27NO5Si. The van der Waals surface area contributed by atoms with E-state index in [1.807, 2.05) is 6.07 Å². The van der Waals surface area contributed by atoms with Crippen LogP contribution in [0.25, 0.3) is 0 Å². The average molecular weight is 438 g/mol. The number of aryl methyl sites for hydroxylation is 2. The van der Waals surface area contributed by atoms with Gasteiger partial charge in [0, 0.05) is 35.7 Å². The van der Waals surface area contributed by atoms with E-state index in [0.29, 0.717) is 30.4 Å². The Bertz CT molecular complexity index is 1070. The molecule has 7 heteroatoms. The number of aromatic carboxylic acids is 1. The van der Waals surface area contributed by atoms with Crippen molar-refractivity contribution in [3.05, 3.63) is 69.8 Å². The van der Waals surface area contributed by atoms with Crippen molar-refractivity contribution in [3.63, 3.8) is 0 Å². The van der Waals surface area contributed by atoms with Crippen LogP contribution in [0.3, 0.4) is 0 Å². The second-order valence-corrected chi connectivity index (χ2v) is 14.6. The van der Waals surface area contributed by atoms with Crippen LogP contribution in [-0.2, 0) is 12.8 Å². The summed E-state index contributed by atoms with van der Waals surface area (Å²) < 4.78 is 0. The molecule has 0 aromatic heterocycles. The molecule has 2 aromatic carbocycles. The predicted molar refractivity (Wildman–Crippen MR) is 121 cm³/mol. The molecule has 4 rings (SSSR count). The van der Waals surface area contributed by atoms with Gasteiger partial charge in [-0.05, 0) is 48.2 Å². The molecule has 2 aliphatic rings. The Labute approximate surface area is 182 Å². The zero-order chi connectivity index (χ0) is 22.8. The van der Waals surface area contributed by atoms with E-state index in [0.717, 1.165) is 29.3 Å². The van der Waals surface area contributed by atoms with Gasteiger partial charge in [0.15, 0.2) is 11.6 Å². The third-order valence-electron chi connectivity index (χ3n) is 5.34. The van der Waals surface area contributed by atoms with E-state index in [1.54, 1.807) is 24.3 Å². The number of nitrogens with one attached hydrogen (secondary N) is 1. The van der Waals surface area contributed by atoms with Gasteiger partial charge in [0.25, 0.3) is 5.91 Å². The maximum absolute atomic E-state index is 12.0. The molecule has 0 bridgehead atoms. The van der Waals surface area contributed by atoms with Gasteiger partial charge < -0.3 is 10.4 Å². The quantitative estimate of drug-likeness (QED) is 0.706. The van der Waals surface area contributed by atoms with Crippen LogP contribution in [0.2, 0.25) is 19.6 Å². The lowest BCUT2D eigenvalue weighted by Crippen LogP contribution is -2.39. The summed E-state index contributed by atoms with van der Waals surface area (Å²) in [6.07, 6.45) is 3.31. The maximum Gasteiger partial charge on any atom is 0.335 e. The van der Waals surface area contributed by atoms with E-state index < -0.39 is 14.0 Å². The number of Topliss-reactive ketones (excluding diaryl/α,β-unsaturated/α-hetero) is 2. The molecule has 0 radical (unpaired) electrons. The fourth-order valence-electron chi connectivity index (χ4n) is 3.63. The number of fused-ring (bicyclic) bond motifs is 2. The summed E-state index contributed by atoms with van der Waals surface area (Å²) in [6, 6.07) is 10.1. The number of carboxylic acids is 1. The van der Waals surface area contributed by atoms with Gasteiger partial charge >= 0.3 is 5.97 Å². The minimum Gasteiger partial charge on any atom is -0.478 e. The first-order valence-electron chi connectivity index (χ1n) is 10.4. The molecule has 0 fully saturated rings. The molecule has 0 atom stereocenters. The molecule has 0 aliphatic heterocycles. The first-order valence-corrected chi connectivity index (χ1v) is 14.1. The minimum atomic E-state index is -1.27. The van der Waals surface area contributed by atoms with Gasteiger partial charge in [-0.25, -0.2) is 4.79 Å². The van der Waals surface area contributed by atoms with Gasteiger partial charge in [-0.2, -0.15) is 0 Å². The van der Waals surface area contributed by atoms with E-state index in [4.69, 9.17) is 5.11 Å². The summed E-state index contributed by atoms with van der Waals surface area (Å²) in [7, 11) is -1.27. The smallest absolute Gasteiger partial charge is 0.335 e. The summed E-state index contributed by atoms with van der Waals surface area (Å²) in [6.45, 7) is 6.65. The Balaban J connectivity index is 0.000000185. The van der Waals surface area contributed by atoms with Crippen LogP contribution in [0.1, 0.15) is 65.4 Å². The predicted octanol–water partition coefficient (Wildman–Crippen LogP) is 3.94. The molecule has 162 valence electrons. The molecule has 0 saturated heterocycles. The van der Waals surface area contributed by atoms with Gasteiger partial charge in [0.1, 0.15) is 0 Å². The molecule has 1 amide bonds. The molecule has 2 aromatic rings. The summed E-state index contributed by atoms with van der Waals surface area (Å²) in [5.74, 6) is -0.660. The molecule has 31 heavy (non-hydrogen) atoms. The SMILES string of the molecule is C[Si](C)(C)CNC(=O)c1ccc2c(c1)CCC2=O.O=C(O)c1ccc2c(c1)CCC2=O. The Hall–Kier alpha value is -3.06. The lowest BCUT2D eigenvalue weighted by atomic mass is 10.1. The number of ketones is 2. The van der Waals surface area contributed by atoms with Crippen molar-refractivity contribution >= 4 is 31.5 Å². The monoisotopic (exact) mass is 437 g/mol. The van der Waals surface area contributed by atoms with Gasteiger partial charge in [-0.3, -0.25) is 14.4 Å². The number of carboxylic acid groups (broad SMARTS) is 1. The van der Waals surface area contributed by atoms with Crippen molar-refractivity contribution in [2.24, 2.45) is 0 Å². The Morgan fingerprint density at radius 1 is 0.839 bits per heavy atom. The number of hydrogen-bond donors (Lipinski definition) is 2. The summed E-state index contributed by atoms with van der Waals surface area (Å²) >= 11 is 0. The first kappa shape index (κ1) is 22.6. The maximum atomic E-state index is 12.0. The lowest BCUT2D eigenvalue weighted by molar-refractivity contribution is 0.0695. The van der Waals surface area contributed by atoms with Crippen molar-refractivity contribution in [2.75, 3.05) is 6.17 Å². The van der Waals surface area contributed by atoms with Crippen LogP contribution < -0.4 is 5.32 Å². The largest absolute Gasteiger partial charge is 0.478 e. The number of carbonyl (C=O) groups excluding carboxylic acids is 3. The van der Waals surface area contributed by atoms with Crippen LogP contribution in [0, 0.1) is 0 Å². The number of carbonyl (C=O) groups is 4. The van der Waals surface area contributed by atoms with E-state index in [9.17, 15) is 19.2 Å². The zero-order valence-corrected chi connectivity index (χ0v) is 19.1. The van der Waals surface area contributed by atoms with Gasteiger partial charge in [0.05, 0.1) is 13.6 Å². The standard InChI is InChI=1S/C14H19NO2Si.C10H8O3/c1-18(2,3)9-15-14(17)11-4-6-12-10(8-11)5-7-13(12)16;11-9-4-2-6-5-7(10(12)13)1-3-8(6)9/h4,6,8H,5,7,9H2,1-3H3,(H,15,17);1,3,5H,2,4H2,(H,12,13).